The van der Waals surface area contributed by atoms with Crippen LogP contribution in [0.1, 0.15) is 26.2 Å². The second-order valence-electron chi connectivity index (χ2n) is 5.04. The molecule has 18 heavy (non-hydrogen) atoms. The van der Waals surface area contributed by atoms with Crippen molar-refractivity contribution in [2.75, 3.05) is 32.8 Å². The van der Waals surface area contributed by atoms with Crippen molar-refractivity contribution >= 4 is 10.2 Å². The third kappa shape index (κ3) is 2.85. The summed E-state index contributed by atoms with van der Waals surface area (Å²) in [7, 11) is -3.37. The summed E-state index contributed by atoms with van der Waals surface area (Å²) in [5.74, 6) is 0. The third-order valence-corrected chi connectivity index (χ3v) is 5.73. The van der Waals surface area contributed by atoms with Crippen LogP contribution in [0.5, 0.6) is 0 Å². The Bertz CT molecular complexity index is 374. The van der Waals surface area contributed by atoms with E-state index in [2.05, 4.69) is 0 Å². The van der Waals surface area contributed by atoms with Gasteiger partial charge < -0.3 is 10.5 Å². The van der Waals surface area contributed by atoms with Crippen LogP contribution in [-0.4, -0.2) is 62.0 Å². The number of nitrogens with two attached hydrogens (primary N) is 1. The van der Waals surface area contributed by atoms with Crippen molar-refractivity contribution in [2.24, 2.45) is 5.73 Å². The van der Waals surface area contributed by atoms with Gasteiger partial charge in [0.25, 0.3) is 10.2 Å². The molecule has 2 atom stereocenters. The number of rotatable bonds is 3. The lowest BCUT2D eigenvalue weighted by atomic mass is 10.1. The third-order valence-electron chi connectivity index (χ3n) is 3.67. The van der Waals surface area contributed by atoms with Crippen molar-refractivity contribution in [1.82, 2.24) is 8.61 Å². The minimum Gasteiger partial charge on any atom is -0.376 e. The van der Waals surface area contributed by atoms with Gasteiger partial charge in [-0.05, 0) is 19.8 Å². The summed E-state index contributed by atoms with van der Waals surface area (Å²) in [6.45, 7) is 4.26. The molecule has 2 rings (SSSR count). The lowest BCUT2D eigenvalue weighted by Gasteiger charge is -2.39. The summed E-state index contributed by atoms with van der Waals surface area (Å²) in [6, 6.07) is -0.0399. The molecule has 106 valence electrons. The van der Waals surface area contributed by atoms with Gasteiger partial charge >= 0.3 is 0 Å². The zero-order valence-corrected chi connectivity index (χ0v) is 11.7. The van der Waals surface area contributed by atoms with Gasteiger partial charge in [-0.3, -0.25) is 0 Å². The summed E-state index contributed by atoms with van der Waals surface area (Å²) >= 11 is 0. The summed E-state index contributed by atoms with van der Waals surface area (Å²) < 4.78 is 33.7. The largest absolute Gasteiger partial charge is 0.376 e. The molecular formula is C11H23N3O3S. The van der Waals surface area contributed by atoms with Crippen molar-refractivity contribution in [3.8, 4) is 0 Å². The van der Waals surface area contributed by atoms with Gasteiger partial charge in [0.1, 0.15) is 0 Å². The Kier molecular flexibility index (Phi) is 4.60. The van der Waals surface area contributed by atoms with E-state index >= 15 is 0 Å². The van der Waals surface area contributed by atoms with Gasteiger partial charge in [-0.15, -0.1) is 0 Å². The fourth-order valence-corrected chi connectivity index (χ4v) is 4.59. The Morgan fingerprint density at radius 3 is 2.78 bits per heavy atom. The molecule has 2 aliphatic rings. The molecule has 0 aromatic carbocycles. The number of piperidine rings is 1. The quantitative estimate of drug-likeness (QED) is 0.773. The van der Waals surface area contributed by atoms with Gasteiger partial charge in [-0.25, -0.2) is 0 Å². The Morgan fingerprint density at radius 2 is 2.11 bits per heavy atom. The van der Waals surface area contributed by atoms with E-state index < -0.39 is 10.2 Å². The zero-order valence-electron chi connectivity index (χ0n) is 10.9. The molecule has 2 N–H and O–H groups in total. The first-order chi connectivity index (χ1) is 8.55. The van der Waals surface area contributed by atoms with E-state index in [1.807, 2.05) is 6.92 Å². The van der Waals surface area contributed by atoms with Crippen LogP contribution in [0.2, 0.25) is 0 Å². The Labute approximate surface area is 109 Å². The van der Waals surface area contributed by atoms with E-state index in [1.165, 1.54) is 4.31 Å². The molecule has 2 fully saturated rings. The van der Waals surface area contributed by atoms with Gasteiger partial charge in [-0.2, -0.15) is 17.0 Å². The molecule has 2 heterocycles. The first-order valence-electron chi connectivity index (χ1n) is 6.64. The predicted octanol–water partition coefficient (Wildman–Crippen LogP) is -0.235. The minimum absolute atomic E-state index is 0.0327. The lowest BCUT2D eigenvalue weighted by molar-refractivity contribution is 0.00741. The van der Waals surface area contributed by atoms with Crippen LogP contribution in [0, 0.1) is 0 Å². The highest BCUT2D eigenvalue weighted by Crippen LogP contribution is 2.23. The van der Waals surface area contributed by atoms with Crippen LogP contribution in [0.3, 0.4) is 0 Å². The Morgan fingerprint density at radius 1 is 1.33 bits per heavy atom. The summed E-state index contributed by atoms with van der Waals surface area (Å²) in [6.07, 6.45) is 2.83. The van der Waals surface area contributed by atoms with Crippen molar-refractivity contribution in [2.45, 2.75) is 38.3 Å². The molecule has 2 saturated heterocycles. The van der Waals surface area contributed by atoms with E-state index in [4.69, 9.17) is 10.5 Å². The van der Waals surface area contributed by atoms with Gasteiger partial charge in [0.05, 0.1) is 12.7 Å². The van der Waals surface area contributed by atoms with Crippen LogP contribution >= 0.6 is 0 Å². The average Bonchev–Trinajstić information content (AvgIpc) is 2.38. The minimum atomic E-state index is -3.37. The molecule has 0 bridgehead atoms. The van der Waals surface area contributed by atoms with Crippen molar-refractivity contribution < 1.29 is 13.2 Å². The van der Waals surface area contributed by atoms with Gasteiger partial charge in [0.2, 0.25) is 0 Å². The molecule has 0 saturated carbocycles. The molecule has 0 spiro atoms. The molecule has 6 nitrogen and oxygen atoms in total. The van der Waals surface area contributed by atoms with Crippen LogP contribution < -0.4 is 5.73 Å². The maximum Gasteiger partial charge on any atom is 0.282 e. The van der Waals surface area contributed by atoms with E-state index in [0.29, 0.717) is 32.8 Å². The monoisotopic (exact) mass is 277 g/mol. The van der Waals surface area contributed by atoms with Crippen molar-refractivity contribution in [3.05, 3.63) is 0 Å². The summed E-state index contributed by atoms with van der Waals surface area (Å²) in [5, 5.41) is 0. The van der Waals surface area contributed by atoms with Gasteiger partial charge in [0.15, 0.2) is 0 Å². The summed E-state index contributed by atoms with van der Waals surface area (Å²) in [5.41, 5.74) is 5.70. The van der Waals surface area contributed by atoms with Crippen molar-refractivity contribution in [3.63, 3.8) is 0 Å². The molecule has 2 aliphatic heterocycles. The van der Waals surface area contributed by atoms with Crippen molar-refractivity contribution in [1.29, 1.82) is 0 Å². The lowest BCUT2D eigenvalue weighted by Crippen LogP contribution is -2.56. The molecular weight excluding hydrogens is 254 g/mol. The number of hydrogen-bond donors (Lipinski definition) is 1. The SMILES string of the molecule is C[C@H]1CN(S(=O)(=O)N2CCCC[C@@H]2CN)CCO1. The van der Waals surface area contributed by atoms with Crippen LogP contribution in [0.25, 0.3) is 0 Å². The molecule has 0 aromatic heterocycles. The van der Waals surface area contributed by atoms with Crippen LogP contribution in [0.15, 0.2) is 0 Å². The molecule has 0 aliphatic carbocycles. The topological polar surface area (TPSA) is 75.9 Å². The molecule has 0 radical (unpaired) electrons. The molecule has 0 amide bonds. The first kappa shape index (κ1) is 14.2. The number of morpholine rings is 1. The highest BCUT2D eigenvalue weighted by molar-refractivity contribution is 7.86. The second kappa shape index (κ2) is 5.83. The fourth-order valence-electron chi connectivity index (χ4n) is 2.66. The number of nitrogens with zero attached hydrogens (tertiary/aromatic N) is 2. The highest BCUT2D eigenvalue weighted by atomic mass is 32.2. The molecule has 7 heteroatoms. The molecule has 0 aromatic rings. The number of hydrogen-bond acceptors (Lipinski definition) is 4. The van der Waals surface area contributed by atoms with E-state index in [0.717, 1.165) is 19.3 Å². The standard InChI is InChI=1S/C11H23N3O3S/c1-10-9-13(6-7-17-10)18(15,16)14-5-3-2-4-11(14)8-12/h10-11H,2-9,12H2,1H3/t10-,11+/m0/s1. The highest BCUT2D eigenvalue weighted by Gasteiger charge is 2.37. The fraction of sp³-hybridized carbons (Fsp3) is 1.00. The van der Waals surface area contributed by atoms with Crippen LogP contribution in [0.4, 0.5) is 0 Å². The normalized spacial score (nSPS) is 32.6. The second-order valence-corrected chi connectivity index (χ2v) is 6.92. The smallest absolute Gasteiger partial charge is 0.282 e. The van der Waals surface area contributed by atoms with E-state index in [-0.39, 0.29) is 12.1 Å². The molecule has 0 unspecified atom stereocenters. The predicted molar refractivity (Wildman–Crippen MR) is 69.3 cm³/mol. The average molecular weight is 277 g/mol. The maximum atomic E-state index is 12.6. The van der Waals surface area contributed by atoms with Gasteiger partial charge in [0, 0.05) is 32.2 Å². The zero-order chi connectivity index (χ0) is 13.2. The maximum absolute atomic E-state index is 12.6. The Balaban J connectivity index is 2.13. The van der Waals surface area contributed by atoms with Crippen LogP contribution in [-0.2, 0) is 14.9 Å². The number of ether oxygens (including phenoxy) is 1. The van der Waals surface area contributed by atoms with Gasteiger partial charge in [-0.1, -0.05) is 6.42 Å². The first-order valence-corrected chi connectivity index (χ1v) is 8.04. The Hall–Kier alpha value is -0.210. The van der Waals surface area contributed by atoms with E-state index in [1.54, 1.807) is 4.31 Å². The summed E-state index contributed by atoms with van der Waals surface area (Å²) in [4.78, 5) is 0. The van der Waals surface area contributed by atoms with E-state index in [9.17, 15) is 8.42 Å².